The van der Waals surface area contributed by atoms with Gasteiger partial charge in [0.05, 0.1) is 11.0 Å². The van der Waals surface area contributed by atoms with Gasteiger partial charge in [-0.15, -0.1) is 0 Å². The maximum absolute atomic E-state index is 6.14. The van der Waals surface area contributed by atoms with Crippen LogP contribution in [-0.2, 0) is 6.54 Å². The number of hydrogen-bond acceptors (Lipinski definition) is 2. The van der Waals surface area contributed by atoms with E-state index in [1.54, 1.807) is 0 Å². The average Bonchev–Trinajstić information content (AvgIpc) is 3.26. The zero-order valence-corrected chi connectivity index (χ0v) is 12.3. The fourth-order valence-electron chi connectivity index (χ4n) is 2.80. The summed E-state index contributed by atoms with van der Waals surface area (Å²) >= 11 is 6.14. The Kier molecular flexibility index (Phi) is 2.98. The van der Waals surface area contributed by atoms with Crippen molar-refractivity contribution in [1.29, 1.82) is 0 Å². The standard InChI is InChI=1S/C17H16ClN3/c18-13-3-1-2-12(9-13)17-20-15-8-11(10-19)4-7-16(15)21(17)14-5-6-14/h1-4,7-9,14H,5-6,10,19H2. The summed E-state index contributed by atoms with van der Waals surface area (Å²) in [5.74, 6) is 1.00. The van der Waals surface area contributed by atoms with Gasteiger partial charge in [0.15, 0.2) is 0 Å². The lowest BCUT2D eigenvalue weighted by Crippen LogP contribution is -1.98. The van der Waals surface area contributed by atoms with E-state index >= 15 is 0 Å². The zero-order chi connectivity index (χ0) is 14.4. The van der Waals surface area contributed by atoms with Crippen LogP contribution in [0.3, 0.4) is 0 Å². The second-order valence-corrected chi connectivity index (χ2v) is 6.01. The molecule has 1 heterocycles. The number of hydrogen-bond donors (Lipinski definition) is 1. The molecule has 4 rings (SSSR count). The van der Waals surface area contributed by atoms with Crippen molar-refractivity contribution in [3.63, 3.8) is 0 Å². The van der Waals surface area contributed by atoms with Crippen molar-refractivity contribution < 1.29 is 0 Å². The van der Waals surface area contributed by atoms with Crippen LogP contribution in [0.2, 0.25) is 5.02 Å². The molecule has 1 fully saturated rings. The number of imidazole rings is 1. The van der Waals surface area contributed by atoms with Crippen LogP contribution in [0.5, 0.6) is 0 Å². The molecule has 0 radical (unpaired) electrons. The number of fused-ring (bicyclic) bond motifs is 1. The van der Waals surface area contributed by atoms with Gasteiger partial charge in [-0.2, -0.15) is 0 Å². The highest BCUT2D eigenvalue weighted by Crippen LogP contribution is 2.41. The summed E-state index contributed by atoms with van der Waals surface area (Å²) in [6.07, 6.45) is 2.44. The quantitative estimate of drug-likeness (QED) is 0.789. The van der Waals surface area contributed by atoms with Crippen molar-refractivity contribution >= 4 is 22.6 Å². The minimum absolute atomic E-state index is 0.540. The predicted octanol–water partition coefficient (Wildman–Crippen LogP) is 4.15. The first-order valence-corrected chi connectivity index (χ1v) is 7.61. The molecule has 3 nitrogen and oxygen atoms in total. The molecule has 0 unspecified atom stereocenters. The number of rotatable bonds is 3. The van der Waals surface area contributed by atoms with Crippen molar-refractivity contribution in [2.75, 3.05) is 0 Å². The van der Waals surface area contributed by atoms with E-state index in [4.69, 9.17) is 22.3 Å². The van der Waals surface area contributed by atoms with Crippen LogP contribution in [0.1, 0.15) is 24.4 Å². The Balaban J connectivity index is 1.97. The molecule has 21 heavy (non-hydrogen) atoms. The predicted molar refractivity (Wildman–Crippen MR) is 86.3 cm³/mol. The van der Waals surface area contributed by atoms with Crippen LogP contribution in [0.25, 0.3) is 22.4 Å². The van der Waals surface area contributed by atoms with Crippen molar-refractivity contribution in [1.82, 2.24) is 9.55 Å². The van der Waals surface area contributed by atoms with E-state index in [0.717, 1.165) is 27.5 Å². The molecule has 0 atom stereocenters. The molecule has 0 saturated heterocycles. The van der Waals surface area contributed by atoms with Gasteiger partial charge in [0, 0.05) is 23.2 Å². The Morgan fingerprint density at radius 2 is 2.05 bits per heavy atom. The first-order chi connectivity index (χ1) is 10.3. The van der Waals surface area contributed by atoms with E-state index in [1.165, 1.54) is 18.4 Å². The molecule has 1 saturated carbocycles. The number of halogens is 1. The minimum atomic E-state index is 0.540. The van der Waals surface area contributed by atoms with Crippen molar-refractivity contribution in [2.45, 2.75) is 25.4 Å². The van der Waals surface area contributed by atoms with E-state index < -0.39 is 0 Å². The third-order valence-corrected chi connectivity index (χ3v) is 4.22. The van der Waals surface area contributed by atoms with Crippen molar-refractivity contribution in [3.05, 3.63) is 53.1 Å². The second-order valence-electron chi connectivity index (χ2n) is 5.57. The Labute approximate surface area is 128 Å². The van der Waals surface area contributed by atoms with Crippen LogP contribution in [0, 0.1) is 0 Å². The number of benzene rings is 2. The smallest absolute Gasteiger partial charge is 0.141 e. The lowest BCUT2D eigenvalue weighted by Gasteiger charge is -2.08. The maximum Gasteiger partial charge on any atom is 0.141 e. The van der Waals surface area contributed by atoms with Crippen LogP contribution in [0.4, 0.5) is 0 Å². The average molecular weight is 298 g/mol. The van der Waals surface area contributed by atoms with Gasteiger partial charge in [0.25, 0.3) is 0 Å². The third-order valence-electron chi connectivity index (χ3n) is 3.98. The van der Waals surface area contributed by atoms with Gasteiger partial charge in [-0.25, -0.2) is 4.98 Å². The molecule has 0 amide bonds. The van der Waals surface area contributed by atoms with Crippen LogP contribution < -0.4 is 5.73 Å². The maximum atomic E-state index is 6.14. The van der Waals surface area contributed by atoms with E-state index in [2.05, 4.69) is 28.8 Å². The molecule has 2 N–H and O–H groups in total. The van der Waals surface area contributed by atoms with Gasteiger partial charge in [-0.3, -0.25) is 0 Å². The summed E-state index contributed by atoms with van der Waals surface area (Å²) in [7, 11) is 0. The second kappa shape index (κ2) is 4.86. The molecule has 2 aromatic carbocycles. The normalized spacial score (nSPS) is 14.8. The van der Waals surface area contributed by atoms with E-state index in [-0.39, 0.29) is 0 Å². The van der Waals surface area contributed by atoms with E-state index in [1.807, 2.05) is 18.2 Å². The topological polar surface area (TPSA) is 43.8 Å². The lowest BCUT2D eigenvalue weighted by atomic mass is 10.2. The molecule has 0 bridgehead atoms. The van der Waals surface area contributed by atoms with Crippen LogP contribution in [0.15, 0.2) is 42.5 Å². The lowest BCUT2D eigenvalue weighted by molar-refractivity contribution is 0.775. The summed E-state index contributed by atoms with van der Waals surface area (Å²) in [6, 6.07) is 14.8. The van der Waals surface area contributed by atoms with Gasteiger partial charge in [-0.1, -0.05) is 29.8 Å². The highest BCUT2D eigenvalue weighted by molar-refractivity contribution is 6.30. The number of aromatic nitrogens is 2. The summed E-state index contributed by atoms with van der Waals surface area (Å²) in [5, 5.41) is 0.740. The van der Waals surface area contributed by atoms with Crippen LogP contribution >= 0.6 is 11.6 Å². The minimum Gasteiger partial charge on any atom is -0.326 e. The highest BCUT2D eigenvalue weighted by Gasteiger charge is 2.28. The fourth-order valence-corrected chi connectivity index (χ4v) is 3.00. The molecule has 0 aliphatic heterocycles. The summed E-state index contributed by atoms with van der Waals surface area (Å²) < 4.78 is 2.35. The summed E-state index contributed by atoms with van der Waals surface area (Å²) in [4.78, 5) is 4.84. The molecule has 0 spiro atoms. The first kappa shape index (κ1) is 12.9. The van der Waals surface area contributed by atoms with E-state index in [0.29, 0.717) is 12.6 Å². The third kappa shape index (κ3) is 2.23. The Morgan fingerprint density at radius 3 is 2.76 bits per heavy atom. The Hall–Kier alpha value is -1.84. The van der Waals surface area contributed by atoms with E-state index in [9.17, 15) is 0 Å². The van der Waals surface area contributed by atoms with Crippen molar-refractivity contribution in [3.8, 4) is 11.4 Å². The monoisotopic (exact) mass is 297 g/mol. The molecule has 106 valence electrons. The molecule has 1 aliphatic rings. The molecule has 1 aliphatic carbocycles. The van der Waals surface area contributed by atoms with Gasteiger partial charge in [-0.05, 0) is 42.7 Å². The fraction of sp³-hybridized carbons (Fsp3) is 0.235. The highest BCUT2D eigenvalue weighted by atomic mass is 35.5. The van der Waals surface area contributed by atoms with Crippen molar-refractivity contribution in [2.24, 2.45) is 5.73 Å². The molecule has 4 heteroatoms. The van der Waals surface area contributed by atoms with Gasteiger partial charge in [0.1, 0.15) is 5.82 Å². The largest absolute Gasteiger partial charge is 0.326 e. The summed E-state index contributed by atoms with van der Waals surface area (Å²) in [6.45, 7) is 0.540. The molecular weight excluding hydrogens is 282 g/mol. The molecule has 1 aromatic heterocycles. The molecule has 3 aromatic rings. The zero-order valence-electron chi connectivity index (χ0n) is 11.6. The first-order valence-electron chi connectivity index (χ1n) is 7.23. The SMILES string of the molecule is NCc1ccc2c(c1)nc(-c1cccc(Cl)c1)n2C1CC1. The van der Waals surface area contributed by atoms with Crippen LogP contribution in [-0.4, -0.2) is 9.55 Å². The number of nitrogens with two attached hydrogens (primary N) is 1. The Morgan fingerprint density at radius 1 is 1.19 bits per heavy atom. The Bertz CT molecular complexity index is 818. The van der Waals surface area contributed by atoms with Gasteiger partial charge < -0.3 is 10.3 Å². The summed E-state index contributed by atoms with van der Waals surface area (Å²) in [5.41, 5.74) is 10.1. The molecular formula is C17H16ClN3. The van der Waals surface area contributed by atoms with Gasteiger partial charge in [0.2, 0.25) is 0 Å². The number of nitrogens with zero attached hydrogens (tertiary/aromatic N) is 2. The van der Waals surface area contributed by atoms with Gasteiger partial charge >= 0.3 is 0 Å².